The predicted octanol–water partition coefficient (Wildman–Crippen LogP) is 2.07. The van der Waals surface area contributed by atoms with Gasteiger partial charge in [-0.05, 0) is 18.2 Å². The second-order valence-corrected chi connectivity index (χ2v) is 2.80. The third kappa shape index (κ3) is 1.21. The van der Waals surface area contributed by atoms with Crippen molar-refractivity contribution in [2.24, 2.45) is 0 Å². The molecule has 14 heavy (non-hydrogen) atoms. The molecule has 0 aliphatic carbocycles. The molecule has 0 saturated carbocycles. The minimum absolute atomic E-state index is 0.0157. The summed E-state index contributed by atoms with van der Waals surface area (Å²) in [5.74, 6) is -1.56. The first-order valence-electron chi connectivity index (χ1n) is 3.96. The number of rotatable bonds is 1. The standard InChI is InChI=1S/C10H6FNO2/c11-8-4-5-12-9-6(8)2-1-3-7(9)10(13)14/h1-5H,(H,13,14). The van der Waals surface area contributed by atoms with Gasteiger partial charge in [0.25, 0.3) is 0 Å². The molecule has 3 nitrogen and oxygen atoms in total. The van der Waals surface area contributed by atoms with E-state index in [-0.39, 0.29) is 16.5 Å². The third-order valence-corrected chi connectivity index (χ3v) is 1.95. The van der Waals surface area contributed by atoms with Crippen LogP contribution in [0, 0.1) is 5.82 Å². The van der Waals surface area contributed by atoms with E-state index in [0.29, 0.717) is 0 Å². The van der Waals surface area contributed by atoms with Crippen LogP contribution < -0.4 is 0 Å². The number of hydrogen-bond donors (Lipinski definition) is 1. The smallest absolute Gasteiger partial charge is 0.337 e. The largest absolute Gasteiger partial charge is 0.478 e. The van der Waals surface area contributed by atoms with Gasteiger partial charge in [0.2, 0.25) is 0 Å². The summed E-state index contributed by atoms with van der Waals surface area (Å²) in [4.78, 5) is 14.6. The topological polar surface area (TPSA) is 50.2 Å². The van der Waals surface area contributed by atoms with E-state index < -0.39 is 11.8 Å². The van der Waals surface area contributed by atoms with Gasteiger partial charge < -0.3 is 5.11 Å². The monoisotopic (exact) mass is 191 g/mol. The van der Waals surface area contributed by atoms with Gasteiger partial charge in [-0.25, -0.2) is 9.18 Å². The van der Waals surface area contributed by atoms with Crippen LogP contribution in [0.3, 0.4) is 0 Å². The van der Waals surface area contributed by atoms with Crippen LogP contribution in [0.2, 0.25) is 0 Å². The molecule has 1 aromatic carbocycles. The number of pyridine rings is 1. The zero-order valence-corrected chi connectivity index (χ0v) is 7.07. The lowest BCUT2D eigenvalue weighted by atomic mass is 10.1. The molecule has 0 unspecified atom stereocenters. The van der Waals surface area contributed by atoms with Gasteiger partial charge in [-0.3, -0.25) is 4.98 Å². The maximum Gasteiger partial charge on any atom is 0.337 e. The molecule has 0 bridgehead atoms. The van der Waals surface area contributed by atoms with Crippen LogP contribution >= 0.6 is 0 Å². The van der Waals surface area contributed by atoms with Crippen LogP contribution in [0.15, 0.2) is 30.5 Å². The lowest BCUT2D eigenvalue weighted by molar-refractivity contribution is 0.0699. The quantitative estimate of drug-likeness (QED) is 0.750. The van der Waals surface area contributed by atoms with E-state index in [2.05, 4.69) is 4.98 Å². The molecule has 0 aliphatic heterocycles. The van der Waals surface area contributed by atoms with Crippen LogP contribution in [0.5, 0.6) is 0 Å². The number of carbonyl (C=O) groups is 1. The van der Waals surface area contributed by atoms with Crippen molar-refractivity contribution in [3.8, 4) is 0 Å². The van der Waals surface area contributed by atoms with Crippen molar-refractivity contribution in [2.75, 3.05) is 0 Å². The highest BCUT2D eigenvalue weighted by molar-refractivity contribution is 6.01. The minimum Gasteiger partial charge on any atom is -0.478 e. The van der Waals surface area contributed by atoms with Crippen molar-refractivity contribution >= 4 is 16.9 Å². The number of nitrogens with zero attached hydrogens (tertiary/aromatic N) is 1. The molecule has 2 rings (SSSR count). The third-order valence-electron chi connectivity index (χ3n) is 1.95. The minimum atomic E-state index is -1.10. The molecule has 1 aromatic heterocycles. The van der Waals surface area contributed by atoms with Crippen molar-refractivity contribution in [1.29, 1.82) is 0 Å². The summed E-state index contributed by atoms with van der Waals surface area (Å²) in [5, 5.41) is 9.04. The van der Waals surface area contributed by atoms with Crippen molar-refractivity contribution in [1.82, 2.24) is 4.98 Å². The maximum absolute atomic E-state index is 13.2. The number of aromatic nitrogens is 1. The Hall–Kier alpha value is -1.97. The number of para-hydroxylation sites is 1. The number of carboxylic acid groups (broad SMARTS) is 1. The Morgan fingerprint density at radius 2 is 2.14 bits per heavy atom. The molecule has 0 amide bonds. The van der Waals surface area contributed by atoms with Gasteiger partial charge in [-0.2, -0.15) is 0 Å². The first kappa shape index (κ1) is 8.62. The Bertz CT molecular complexity index is 510. The summed E-state index contributed by atoms with van der Waals surface area (Å²) in [6, 6.07) is 5.60. The van der Waals surface area contributed by atoms with Crippen LogP contribution in [-0.4, -0.2) is 16.1 Å². The average Bonchev–Trinajstić information content (AvgIpc) is 2.17. The normalized spacial score (nSPS) is 10.4. The number of carboxylic acids is 1. The van der Waals surface area contributed by atoms with Crippen molar-refractivity contribution < 1.29 is 14.3 Å². The molecular formula is C10H6FNO2. The number of aromatic carboxylic acids is 1. The van der Waals surface area contributed by atoms with Gasteiger partial charge in [0.1, 0.15) is 5.82 Å². The van der Waals surface area contributed by atoms with Crippen LogP contribution in [0.4, 0.5) is 4.39 Å². The van der Waals surface area contributed by atoms with E-state index in [4.69, 9.17) is 5.11 Å². The van der Waals surface area contributed by atoms with Gasteiger partial charge in [-0.15, -0.1) is 0 Å². The molecule has 70 valence electrons. The molecule has 0 aliphatic rings. The first-order chi connectivity index (χ1) is 6.70. The lowest BCUT2D eigenvalue weighted by Crippen LogP contribution is -1.99. The SMILES string of the molecule is O=C(O)c1cccc2c(F)ccnc12. The molecular weight excluding hydrogens is 185 g/mol. The maximum atomic E-state index is 13.2. The van der Waals surface area contributed by atoms with Gasteiger partial charge in [-0.1, -0.05) is 6.07 Å². The number of fused-ring (bicyclic) bond motifs is 1. The van der Waals surface area contributed by atoms with Gasteiger partial charge in [0, 0.05) is 11.6 Å². The Labute approximate surface area is 78.8 Å². The van der Waals surface area contributed by atoms with Crippen molar-refractivity contribution in [3.05, 3.63) is 41.8 Å². The lowest BCUT2D eigenvalue weighted by Gasteiger charge is -2.01. The van der Waals surface area contributed by atoms with E-state index in [0.717, 1.165) is 0 Å². The fraction of sp³-hybridized carbons (Fsp3) is 0. The highest BCUT2D eigenvalue weighted by Gasteiger charge is 2.10. The summed E-state index contributed by atoms with van der Waals surface area (Å²) in [5.41, 5.74) is 0.196. The van der Waals surface area contributed by atoms with Crippen LogP contribution in [0.1, 0.15) is 10.4 Å². The number of halogens is 1. The summed E-state index contributed by atoms with van der Waals surface area (Å²) in [6.45, 7) is 0. The highest BCUT2D eigenvalue weighted by atomic mass is 19.1. The van der Waals surface area contributed by atoms with Crippen LogP contribution in [0.25, 0.3) is 10.9 Å². The van der Waals surface area contributed by atoms with Crippen LogP contribution in [-0.2, 0) is 0 Å². The van der Waals surface area contributed by atoms with Gasteiger partial charge >= 0.3 is 5.97 Å². The Morgan fingerprint density at radius 1 is 1.36 bits per heavy atom. The van der Waals surface area contributed by atoms with E-state index in [1.54, 1.807) is 0 Å². The van der Waals surface area contributed by atoms with E-state index in [1.807, 2.05) is 0 Å². The molecule has 0 radical (unpaired) electrons. The Morgan fingerprint density at radius 3 is 2.86 bits per heavy atom. The predicted molar refractivity (Wildman–Crippen MR) is 48.7 cm³/mol. The van der Waals surface area contributed by atoms with Gasteiger partial charge in [0.15, 0.2) is 0 Å². The Balaban J connectivity index is 2.88. The molecule has 4 heteroatoms. The molecule has 0 saturated heterocycles. The molecule has 0 fully saturated rings. The summed E-state index contributed by atoms with van der Waals surface area (Å²) in [6.07, 6.45) is 1.25. The van der Waals surface area contributed by atoms with E-state index in [9.17, 15) is 9.18 Å². The molecule has 1 heterocycles. The second-order valence-electron chi connectivity index (χ2n) is 2.80. The van der Waals surface area contributed by atoms with E-state index in [1.165, 1.54) is 30.5 Å². The molecule has 1 N–H and O–H groups in total. The molecule has 2 aromatic rings. The zero-order valence-electron chi connectivity index (χ0n) is 7.07. The Kier molecular flexibility index (Phi) is 1.89. The highest BCUT2D eigenvalue weighted by Crippen LogP contribution is 2.18. The first-order valence-corrected chi connectivity index (χ1v) is 3.96. The second kappa shape index (κ2) is 3.06. The number of benzene rings is 1. The van der Waals surface area contributed by atoms with E-state index >= 15 is 0 Å². The average molecular weight is 191 g/mol. The molecule has 0 spiro atoms. The van der Waals surface area contributed by atoms with Gasteiger partial charge in [0.05, 0.1) is 11.1 Å². The summed E-state index contributed by atoms with van der Waals surface area (Å²) < 4.78 is 13.2. The number of hydrogen-bond acceptors (Lipinski definition) is 2. The van der Waals surface area contributed by atoms with Crippen molar-refractivity contribution in [2.45, 2.75) is 0 Å². The summed E-state index contributed by atoms with van der Waals surface area (Å²) in [7, 11) is 0. The van der Waals surface area contributed by atoms with Crippen molar-refractivity contribution in [3.63, 3.8) is 0 Å². The zero-order chi connectivity index (χ0) is 10.1. The molecule has 0 atom stereocenters. The fourth-order valence-electron chi connectivity index (χ4n) is 1.31. The summed E-state index contributed by atoms with van der Waals surface area (Å²) >= 11 is 0. The fourth-order valence-corrected chi connectivity index (χ4v) is 1.31.